The third kappa shape index (κ3) is 2.33. The van der Waals surface area contributed by atoms with Gasteiger partial charge in [0.05, 0.1) is 12.7 Å². The van der Waals surface area contributed by atoms with E-state index in [2.05, 4.69) is 13.8 Å². The number of fused-ring (bicyclic) bond motifs is 1. The highest BCUT2D eigenvalue weighted by Crippen LogP contribution is 2.27. The summed E-state index contributed by atoms with van der Waals surface area (Å²) in [5.41, 5.74) is 2.74. The van der Waals surface area contributed by atoms with Gasteiger partial charge in [0.15, 0.2) is 0 Å². The van der Waals surface area contributed by atoms with Gasteiger partial charge in [0, 0.05) is 10.9 Å². The van der Waals surface area contributed by atoms with Gasteiger partial charge >= 0.3 is 5.97 Å². The van der Waals surface area contributed by atoms with Crippen LogP contribution in [0.2, 0.25) is 0 Å². The number of furan rings is 1. The summed E-state index contributed by atoms with van der Waals surface area (Å²) in [6, 6.07) is 6.01. The molecule has 1 aromatic carbocycles. The molecule has 0 fully saturated rings. The molecule has 2 rings (SSSR count). The Morgan fingerprint density at radius 1 is 1.47 bits per heavy atom. The van der Waals surface area contributed by atoms with Gasteiger partial charge in [0.2, 0.25) is 0 Å². The Bertz CT molecular complexity index is 539. The zero-order valence-corrected chi connectivity index (χ0v) is 10.1. The molecule has 0 aliphatic carbocycles. The summed E-state index contributed by atoms with van der Waals surface area (Å²) < 4.78 is 5.35. The summed E-state index contributed by atoms with van der Waals surface area (Å²) in [5, 5.41) is 9.75. The van der Waals surface area contributed by atoms with Crippen molar-refractivity contribution >= 4 is 16.9 Å². The predicted octanol–water partition coefficient (Wildman–Crippen LogP) is 3.57. The maximum absolute atomic E-state index is 10.7. The molecule has 17 heavy (non-hydrogen) atoms. The monoisotopic (exact) mass is 232 g/mol. The smallest absolute Gasteiger partial charge is 0.307 e. The molecule has 3 nitrogen and oxygen atoms in total. The number of rotatable bonds is 4. The molecule has 3 heteroatoms. The standard InChI is InChI=1S/C14H16O3/c1-3-9(2)10-4-5-13-12(6-10)11(8-17-13)7-14(15)16/h4-6,8-9H,3,7H2,1-2H3,(H,15,16). The summed E-state index contributed by atoms with van der Waals surface area (Å²) >= 11 is 0. The number of hydrogen-bond donors (Lipinski definition) is 1. The van der Waals surface area contributed by atoms with Crippen LogP contribution in [-0.4, -0.2) is 11.1 Å². The van der Waals surface area contributed by atoms with E-state index in [-0.39, 0.29) is 6.42 Å². The minimum atomic E-state index is -0.832. The molecule has 1 N–H and O–H groups in total. The van der Waals surface area contributed by atoms with Crippen molar-refractivity contribution in [2.45, 2.75) is 32.6 Å². The molecule has 2 aromatic rings. The van der Waals surface area contributed by atoms with Crippen LogP contribution in [0, 0.1) is 0 Å². The lowest BCUT2D eigenvalue weighted by atomic mass is 9.96. The maximum atomic E-state index is 10.7. The van der Waals surface area contributed by atoms with E-state index in [9.17, 15) is 4.79 Å². The quantitative estimate of drug-likeness (QED) is 0.876. The van der Waals surface area contributed by atoms with E-state index in [1.807, 2.05) is 18.2 Å². The second kappa shape index (κ2) is 4.62. The second-order valence-electron chi connectivity index (χ2n) is 4.40. The Hall–Kier alpha value is -1.77. The molecular formula is C14H16O3. The Labute approximate surface area is 100 Å². The SMILES string of the molecule is CCC(C)c1ccc2occ(CC(=O)O)c2c1. The molecule has 0 saturated heterocycles. The van der Waals surface area contributed by atoms with Gasteiger partial charge in [-0.05, 0) is 30.0 Å². The molecule has 0 spiro atoms. The van der Waals surface area contributed by atoms with Crippen LogP contribution >= 0.6 is 0 Å². The fraction of sp³-hybridized carbons (Fsp3) is 0.357. The Morgan fingerprint density at radius 3 is 2.88 bits per heavy atom. The van der Waals surface area contributed by atoms with Crippen molar-refractivity contribution in [3.8, 4) is 0 Å². The Morgan fingerprint density at radius 2 is 2.24 bits per heavy atom. The first kappa shape index (κ1) is 11.7. The van der Waals surface area contributed by atoms with Gasteiger partial charge in [-0.15, -0.1) is 0 Å². The lowest BCUT2D eigenvalue weighted by Gasteiger charge is -2.08. The minimum absolute atomic E-state index is 0.0109. The average Bonchev–Trinajstić information content (AvgIpc) is 2.70. The molecule has 1 unspecified atom stereocenters. The normalized spacial score (nSPS) is 12.8. The number of aliphatic carboxylic acids is 1. The van der Waals surface area contributed by atoms with Crippen LogP contribution < -0.4 is 0 Å². The highest BCUT2D eigenvalue weighted by molar-refractivity contribution is 5.85. The molecule has 0 amide bonds. The van der Waals surface area contributed by atoms with Crippen LogP contribution in [0.1, 0.15) is 37.3 Å². The molecule has 90 valence electrons. The van der Waals surface area contributed by atoms with E-state index in [1.165, 1.54) is 5.56 Å². The fourth-order valence-corrected chi connectivity index (χ4v) is 1.94. The molecular weight excluding hydrogens is 216 g/mol. The maximum Gasteiger partial charge on any atom is 0.307 e. The molecule has 1 aromatic heterocycles. The molecule has 1 heterocycles. The van der Waals surface area contributed by atoms with Crippen molar-refractivity contribution in [3.05, 3.63) is 35.6 Å². The summed E-state index contributed by atoms with van der Waals surface area (Å²) in [6.45, 7) is 4.31. The fourth-order valence-electron chi connectivity index (χ4n) is 1.94. The molecule has 0 saturated carbocycles. The van der Waals surface area contributed by atoms with Gasteiger partial charge < -0.3 is 9.52 Å². The molecule has 0 bridgehead atoms. The zero-order chi connectivity index (χ0) is 12.4. The molecule has 0 aliphatic rings. The van der Waals surface area contributed by atoms with Crippen LogP contribution in [-0.2, 0) is 11.2 Å². The van der Waals surface area contributed by atoms with Crippen molar-refractivity contribution in [1.29, 1.82) is 0 Å². The number of hydrogen-bond acceptors (Lipinski definition) is 2. The molecule has 1 atom stereocenters. The van der Waals surface area contributed by atoms with Crippen LogP contribution in [0.3, 0.4) is 0 Å². The predicted molar refractivity (Wildman–Crippen MR) is 66.3 cm³/mol. The van der Waals surface area contributed by atoms with Crippen LogP contribution in [0.15, 0.2) is 28.9 Å². The van der Waals surface area contributed by atoms with Gasteiger partial charge in [-0.1, -0.05) is 19.9 Å². The van der Waals surface area contributed by atoms with E-state index in [1.54, 1.807) is 6.26 Å². The lowest BCUT2D eigenvalue weighted by Crippen LogP contribution is -1.99. The van der Waals surface area contributed by atoms with E-state index in [0.717, 1.165) is 23.0 Å². The van der Waals surface area contributed by atoms with Crippen molar-refractivity contribution in [2.24, 2.45) is 0 Å². The number of benzene rings is 1. The number of carboxylic acids is 1. The largest absolute Gasteiger partial charge is 0.481 e. The van der Waals surface area contributed by atoms with Gasteiger partial charge in [0.25, 0.3) is 0 Å². The van der Waals surface area contributed by atoms with E-state index < -0.39 is 5.97 Å². The first-order valence-corrected chi connectivity index (χ1v) is 5.83. The topological polar surface area (TPSA) is 50.4 Å². The third-order valence-electron chi connectivity index (χ3n) is 3.20. The zero-order valence-electron chi connectivity index (χ0n) is 10.1. The lowest BCUT2D eigenvalue weighted by molar-refractivity contribution is -0.136. The van der Waals surface area contributed by atoms with Crippen LogP contribution in [0.25, 0.3) is 11.0 Å². The molecule has 0 radical (unpaired) electrons. The van der Waals surface area contributed by atoms with Crippen LogP contribution in [0.5, 0.6) is 0 Å². The summed E-state index contributed by atoms with van der Waals surface area (Å²) in [5.74, 6) is -0.353. The van der Waals surface area contributed by atoms with Crippen molar-refractivity contribution < 1.29 is 14.3 Å². The summed E-state index contributed by atoms with van der Waals surface area (Å²) in [6.07, 6.45) is 2.62. The number of carboxylic acid groups (broad SMARTS) is 1. The Kier molecular flexibility index (Phi) is 3.18. The van der Waals surface area contributed by atoms with Crippen LogP contribution in [0.4, 0.5) is 0 Å². The third-order valence-corrected chi connectivity index (χ3v) is 3.20. The van der Waals surface area contributed by atoms with E-state index in [0.29, 0.717) is 5.92 Å². The first-order chi connectivity index (χ1) is 8.11. The summed E-state index contributed by atoms with van der Waals surface area (Å²) in [4.78, 5) is 10.7. The van der Waals surface area contributed by atoms with Gasteiger partial charge in [-0.2, -0.15) is 0 Å². The minimum Gasteiger partial charge on any atom is -0.481 e. The van der Waals surface area contributed by atoms with E-state index >= 15 is 0 Å². The van der Waals surface area contributed by atoms with Gasteiger partial charge in [-0.3, -0.25) is 4.79 Å². The number of carbonyl (C=O) groups is 1. The summed E-state index contributed by atoms with van der Waals surface area (Å²) in [7, 11) is 0. The first-order valence-electron chi connectivity index (χ1n) is 5.83. The molecule has 0 aliphatic heterocycles. The Balaban J connectivity index is 2.46. The van der Waals surface area contributed by atoms with Crippen molar-refractivity contribution in [2.75, 3.05) is 0 Å². The van der Waals surface area contributed by atoms with E-state index in [4.69, 9.17) is 9.52 Å². The van der Waals surface area contributed by atoms with Gasteiger partial charge in [0.1, 0.15) is 5.58 Å². The van der Waals surface area contributed by atoms with Gasteiger partial charge in [-0.25, -0.2) is 0 Å². The van der Waals surface area contributed by atoms with Crippen molar-refractivity contribution in [1.82, 2.24) is 0 Å². The van der Waals surface area contributed by atoms with Crippen molar-refractivity contribution in [3.63, 3.8) is 0 Å². The highest BCUT2D eigenvalue weighted by atomic mass is 16.4. The highest BCUT2D eigenvalue weighted by Gasteiger charge is 2.11. The average molecular weight is 232 g/mol. The second-order valence-corrected chi connectivity index (χ2v) is 4.40.